The van der Waals surface area contributed by atoms with Crippen molar-refractivity contribution in [1.82, 2.24) is 20.2 Å². The summed E-state index contributed by atoms with van der Waals surface area (Å²) in [5, 5.41) is 14.8. The SMILES string of the molecule is CCCCOc1ccc(C2C(C(C)=O)=C(C)Nc3nnnn32)cc1. The number of unbranched alkanes of at least 4 members (excludes halogenated alkanes) is 1. The summed E-state index contributed by atoms with van der Waals surface area (Å²) in [6.45, 7) is 6.26. The van der Waals surface area contributed by atoms with Crippen molar-refractivity contribution in [3.63, 3.8) is 0 Å². The van der Waals surface area contributed by atoms with E-state index in [1.807, 2.05) is 31.2 Å². The summed E-state index contributed by atoms with van der Waals surface area (Å²) in [5.41, 5.74) is 2.38. The van der Waals surface area contributed by atoms with Crippen LogP contribution < -0.4 is 10.1 Å². The molecule has 2 heterocycles. The molecule has 24 heavy (non-hydrogen) atoms. The Bertz CT molecular complexity index is 764. The van der Waals surface area contributed by atoms with Crippen LogP contribution in [-0.4, -0.2) is 32.6 Å². The summed E-state index contributed by atoms with van der Waals surface area (Å²) in [7, 11) is 0. The number of hydrogen-bond acceptors (Lipinski definition) is 6. The van der Waals surface area contributed by atoms with Gasteiger partial charge < -0.3 is 10.1 Å². The van der Waals surface area contributed by atoms with E-state index in [-0.39, 0.29) is 11.8 Å². The molecule has 0 fully saturated rings. The van der Waals surface area contributed by atoms with Crippen molar-refractivity contribution in [2.24, 2.45) is 0 Å². The highest BCUT2D eigenvalue weighted by atomic mass is 16.5. The van der Waals surface area contributed by atoms with E-state index in [0.29, 0.717) is 18.1 Å². The van der Waals surface area contributed by atoms with Crippen molar-refractivity contribution in [2.75, 3.05) is 11.9 Å². The summed E-state index contributed by atoms with van der Waals surface area (Å²) in [4.78, 5) is 12.2. The van der Waals surface area contributed by atoms with Gasteiger partial charge in [-0.15, -0.1) is 0 Å². The number of carbonyl (C=O) groups is 1. The van der Waals surface area contributed by atoms with Crippen molar-refractivity contribution >= 4 is 11.7 Å². The van der Waals surface area contributed by atoms with Crippen LogP contribution in [0.15, 0.2) is 35.5 Å². The Balaban J connectivity index is 1.93. The largest absolute Gasteiger partial charge is 0.494 e. The molecule has 126 valence electrons. The molecule has 1 aliphatic rings. The predicted molar refractivity (Wildman–Crippen MR) is 89.8 cm³/mol. The fraction of sp³-hybridized carbons (Fsp3) is 0.412. The third-order valence-corrected chi connectivity index (χ3v) is 4.06. The second-order valence-corrected chi connectivity index (χ2v) is 5.84. The molecule has 1 unspecified atom stereocenters. The number of nitrogens with one attached hydrogen (secondary N) is 1. The number of tetrazole rings is 1. The highest BCUT2D eigenvalue weighted by Gasteiger charge is 2.32. The second kappa shape index (κ2) is 6.82. The molecular formula is C17H21N5O2. The first-order chi connectivity index (χ1) is 11.6. The second-order valence-electron chi connectivity index (χ2n) is 5.84. The molecule has 7 nitrogen and oxygen atoms in total. The first-order valence-electron chi connectivity index (χ1n) is 8.11. The fourth-order valence-corrected chi connectivity index (χ4v) is 2.86. The topological polar surface area (TPSA) is 81.9 Å². The molecule has 0 aliphatic carbocycles. The number of allylic oxidation sites excluding steroid dienone is 2. The number of Topliss-reactive ketones (excluding diaryl/α,β-unsaturated/α-hetero) is 1. The molecule has 1 aliphatic heterocycles. The van der Waals surface area contributed by atoms with Crippen molar-refractivity contribution in [2.45, 2.75) is 39.7 Å². The summed E-state index contributed by atoms with van der Waals surface area (Å²) < 4.78 is 7.34. The van der Waals surface area contributed by atoms with E-state index < -0.39 is 0 Å². The number of hydrogen-bond donors (Lipinski definition) is 1. The van der Waals surface area contributed by atoms with E-state index in [2.05, 4.69) is 27.8 Å². The summed E-state index contributed by atoms with van der Waals surface area (Å²) in [6.07, 6.45) is 2.13. The number of rotatable bonds is 6. The van der Waals surface area contributed by atoms with E-state index in [0.717, 1.165) is 29.9 Å². The molecule has 0 amide bonds. The first-order valence-corrected chi connectivity index (χ1v) is 8.11. The predicted octanol–water partition coefficient (Wildman–Crippen LogP) is 2.73. The zero-order valence-electron chi connectivity index (χ0n) is 14.1. The van der Waals surface area contributed by atoms with Crippen LogP contribution in [0.2, 0.25) is 0 Å². The van der Waals surface area contributed by atoms with Crippen LogP contribution in [0.5, 0.6) is 5.75 Å². The number of fused-ring (bicyclic) bond motifs is 1. The van der Waals surface area contributed by atoms with Crippen molar-refractivity contribution < 1.29 is 9.53 Å². The van der Waals surface area contributed by atoms with Gasteiger partial charge in [-0.25, -0.2) is 0 Å². The minimum atomic E-state index is -0.335. The molecule has 0 bridgehead atoms. The van der Waals surface area contributed by atoms with Gasteiger partial charge in [0.25, 0.3) is 0 Å². The van der Waals surface area contributed by atoms with E-state index >= 15 is 0 Å². The first kappa shape index (κ1) is 16.2. The lowest BCUT2D eigenvalue weighted by Gasteiger charge is -2.27. The average Bonchev–Trinajstić information content (AvgIpc) is 3.02. The maximum absolute atomic E-state index is 12.2. The molecule has 1 aromatic carbocycles. The minimum Gasteiger partial charge on any atom is -0.494 e. The van der Waals surface area contributed by atoms with Gasteiger partial charge >= 0.3 is 0 Å². The zero-order chi connectivity index (χ0) is 17.1. The van der Waals surface area contributed by atoms with E-state index in [1.165, 1.54) is 0 Å². The summed E-state index contributed by atoms with van der Waals surface area (Å²) >= 11 is 0. The highest BCUT2D eigenvalue weighted by molar-refractivity contribution is 5.96. The number of carbonyl (C=O) groups excluding carboxylic acids is 1. The van der Waals surface area contributed by atoms with Gasteiger partial charge in [-0.2, -0.15) is 4.68 Å². The molecule has 1 aromatic heterocycles. The summed E-state index contributed by atoms with van der Waals surface area (Å²) in [6, 6.07) is 7.42. The van der Waals surface area contributed by atoms with Gasteiger partial charge in [-0.3, -0.25) is 4.79 Å². The van der Waals surface area contributed by atoms with E-state index in [9.17, 15) is 4.79 Å². The smallest absolute Gasteiger partial charge is 0.248 e. The molecule has 0 saturated heterocycles. The lowest BCUT2D eigenvalue weighted by atomic mass is 9.93. The Hall–Kier alpha value is -2.70. The van der Waals surface area contributed by atoms with Gasteiger partial charge in [0, 0.05) is 11.3 Å². The van der Waals surface area contributed by atoms with Gasteiger partial charge in [0.05, 0.1) is 6.61 Å². The van der Waals surface area contributed by atoms with Gasteiger partial charge in [-0.05, 0) is 48.4 Å². The van der Waals surface area contributed by atoms with Gasteiger partial charge in [0.2, 0.25) is 5.95 Å². The van der Waals surface area contributed by atoms with Crippen LogP contribution in [0, 0.1) is 0 Å². The molecular weight excluding hydrogens is 306 g/mol. The van der Waals surface area contributed by atoms with Crippen LogP contribution in [0.1, 0.15) is 45.2 Å². The van der Waals surface area contributed by atoms with Crippen LogP contribution in [0.4, 0.5) is 5.95 Å². The van der Waals surface area contributed by atoms with Gasteiger partial charge in [0.1, 0.15) is 11.8 Å². The van der Waals surface area contributed by atoms with Crippen molar-refractivity contribution in [3.05, 3.63) is 41.1 Å². The molecule has 3 rings (SSSR count). The Morgan fingerprint density at radius 3 is 2.75 bits per heavy atom. The van der Waals surface area contributed by atoms with E-state index in [1.54, 1.807) is 11.6 Å². The third kappa shape index (κ3) is 3.02. The standard InChI is InChI=1S/C17H21N5O2/c1-4-5-10-24-14-8-6-13(7-9-14)16-15(12(3)23)11(2)18-17-19-20-21-22(16)17/h6-9,16H,4-5,10H2,1-3H3,(H,18,19,21). The number of nitrogens with zero attached hydrogens (tertiary/aromatic N) is 4. The lowest BCUT2D eigenvalue weighted by molar-refractivity contribution is -0.114. The van der Waals surface area contributed by atoms with Gasteiger partial charge in [0.15, 0.2) is 5.78 Å². The quantitative estimate of drug-likeness (QED) is 0.822. The number of aromatic nitrogens is 4. The number of ether oxygens (including phenoxy) is 1. The molecule has 7 heteroatoms. The molecule has 0 saturated carbocycles. The van der Waals surface area contributed by atoms with Crippen molar-refractivity contribution in [3.8, 4) is 5.75 Å². The average molecular weight is 327 g/mol. The number of benzene rings is 1. The number of ketones is 1. The highest BCUT2D eigenvalue weighted by Crippen LogP contribution is 2.35. The monoisotopic (exact) mass is 327 g/mol. The van der Waals surface area contributed by atoms with Crippen molar-refractivity contribution in [1.29, 1.82) is 0 Å². The van der Waals surface area contributed by atoms with Crippen LogP contribution in [0.3, 0.4) is 0 Å². The molecule has 0 spiro atoms. The minimum absolute atomic E-state index is 0.00516. The fourth-order valence-electron chi connectivity index (χ4n) is 2.86. The lowest BCUT2D eigenvalue weighted by Crippen LogP contribution is -2.27. The van der Waals surface area contributed by atoms with E-state index in [4.69, 9.17) is 4.74 Å². The normalized spacial score (nSPS) is 16.5. The number of anilines is 1. The Kier molecular flexibility index (Phi) is 4.59. The zero-order valence-corrected chi connectivity index (χ0v) is 14.1. The van der Waals surface area contributed by atoms with Crippen LogP contribution >= 0.6 is 0 Å². The Labute approximate surface area is 140 Å². The molecule has 0 radical (unpaired) electrons. The third-order valence-electron chi connectivity index (χ3n) is 4.06. The van der Waals surface area contributed by atoms with Gasteiger partial charge in [-0.1, -0.05) is 30.6 Å². The molecule has 1 N–H and O–H groups in total. The summed E-state index contributed by atoms with van der Waals surface area (Å²) in [5.74, 6) is 1.35. The Morgan fingerprint density at radius 2 is 2.08 bits per heavy atom. The molecule has 1 atom stereocenters. The maximum atomic E-state index is 12.2. The Morgan fingerprint density at radius 1 is 1.33 bits per heavy atom. The van der Waals surface area contributed by atoms with Crippen LogP contribution in [-0.2, 0) is 4.79 Å². The van der Waals surface area contributed by atoms with Crippen LogP contribution in [0.25, 0.3) is 0 Å². The molecule has 2 aromatic rings. The maximum Gasteiger partial charge on any atom is 0.248 e.